The van der Waals surface area contributed by atoms with Crippen LogP contribution in [0.1, 0.15) is 17.5 Å². The predicted octanol–water partition coefficient (Wildman–Crippen LogP) is 2.44. The van der Waals surface area contributed by atoms with Gasteiger partial charge < -0.3 is 10.6 Å². The van der Waals surface area contributed by atoms with Crippen LogP contribution in [-0.2, 0) is 17.9 Å². The van der Waals surface area contributed by atoms with Gasteiger partial charge in [-0.05, 0) is 23.3 Å². The molecule has 29 heavy (non-hydrogen) atoms. The Morgan fingerprint density at radius 1 is 0.966 bits per heavy atom. The van der Waals surface area contributed by atoms with E-state index in [0.717, 1.165) is 49.7 Å². The Morgan fingerprint density at radius 2 is 1.79 bits per heavy atom. The number of carbonyl (C=O) groups excluding carboxylic acids is 1. The van der Waals surface area contributed by atoms with E-state index in [9.17, 15) is 4.79 Å². The van der Waals surface area contributed by atoms with Gasteiger partial charge in [-0.3, -0.25) is 19.6 Å². The summed E-state index contributed by atoms with van der Waals surface area (Å²) in [6.07, 6.45) is 0.888. The smallest absolute Gasteiger partial charge is 0.259 e. The van der Waals surface area contributed by atoms with E-state index in [1.165, 1.54) is 11.3 Å². The number of nitrogens with zero attached hydrogens (tertiary/aromatic N) is 4. The molecule has 3 aliphatic heterocycles. The number of hydrogen-bond donors (Lipinski definition) is 1. The van der Waals surface area contributed by atoms with Crippen molar-refractivity contribution in [1.29, 1.82) is 0 Å². The monoisotopic (exact) mass is 387 g/mol. The second-order valence-electron chi connectivity index (χ2n) is 7.84. The van der Waals surface area contributed by atoms with Crippen LogP contribution in [0.15, 0.2) is 70.9 Å². The maximum atomic E-state index is 13.5. The molecule has 0 atom stereocenters. The van der Waals surface area contributed by atoms with Gasteiger partial charge in [0, 0.05) is 44.0 Å². The fourth-order valence-corrected chi connectivity index (χ4v) is 4.47. The largest absolute Gasteiger partial charge is 0.399 e. The third-order valence-electron chi connectivity index (χ3n) is 5.82. The molecule has 0 unspecified atom stereocenters. The van der Waals surface area contributed by atoms with Crippen LogP contribution in [0.5, 0.6) is 0 Å². The van der Waals surface area contributed by atoms with Gasteiger partial charge in [-0.2, -0.15) is 0 Å². The van der Waals surface area contributed by atoms with Gasteiger partial charge in [0.15, 0.2) is 0 Å². The van der Waals surface area contributed by atoms with Crippen molar-refractivity contribution in [1.82, 2.24) is 14.7 Å². The number of benzene rings is 2. The van der Waals surface area contributed by atoms with E-state index in [1.54, 1.807) is 0 Å². The second kappa shape index (κ2) is 7.37. The molecule has 2 aromatic rings. The molecule has 0 saturated carbocycles. The predicted molar refractivity (Wildman–Crippen MR) is 114 cm³/mol. The molecule has 148 valence electrons. The summed E-state index contributed by atoms with van der Waals surface area (Å²) in [4.78, 5) is 24.6. The van der Waals surface area contributed by atoms with E-state index in [1.807, 2.05) is 35.2 Å². The zero-order chi connectivity index (χ0) is 19.8. The summed E-state index contributed by atoms with van der Waals surface area (Å²) in [5.74, 6) is 0.879. The van der Waals surface area contributed by atoms with Gasteiger partial charge in [-0.25, -0.2) is 0 Å². The minimum Gasteiger partial charge on any atom is -0.399 e. The number of aliphatic imine (C=N–C) groups is 1. The van der Waals surface area contributed by atoms with Gasteiger partial charge in [0.1, 0.15) is 0 Å². The van der Waals surface area contributed by atoms with Crippen LogP contribution in [0.4, 0.5) is 5.69 Å². The zero-order valence-corrected chi connectivity index (χ0v) is 16.4. The molecule has 0 radical (unpaired) electrons. The Kier molecular flexibility index (Phi) is 4.56. The van der Waals surface area contributed by atoms with E-state index in [-0.39, 0.29) is 5.91 Å². The van der Waals surface area contributed by atoms with Gasteiger partial charge in [-0.1, -0.05) is 42.5 Å². The lowest BCUT2D eigenvalue weighted by Crippen LogP contribution is -2.53. The van der Waals surface area contributed by atoms with Crippen molar-refractivity contribution in [3.63, 3.8) is 0 Å². The van der Waals surface area contributed by atoms with Crippen LogP contribution >= 0.6 is 0 Å². The molecular formula is C23H25N5O. The highest BCUT2D eigenvalue weighted by Gasteiger charge is 2.40. The highest BCUT2D eigenvalue weighted by Crippen LogP contribution is 2.32. The Morgan fingerprint density at radius 3 is 2.62 bits per heavy atom. The lowest BCUT2D eigenvalue weighted by Gasteiger charge is -2.42. The van der Waals surface area contributed by atoms with Gasteiger partial charge in [0.25, 0.3) is 5.91 Å². The maximum absolute atomic E-state index is 13.5. The summed E-state index contributed by atoms with van der Waals surface area (Å²) in [6, 6.07) is 18.2. The lowest BCUT2D eigenvalue weighted by molar-refractivity contribution is -0.125. The minimum absolute atomic E-state index is 0.0806. The maximum Gasteiger partial charge on any atom is 0.259 e. The molecular weight excluding hydrogens is 362 g/mol. The van der Waals surface area contributed by atoms with Crippen LogP contribution in [0.25, 0.3) is 0 Å². The molecule has 6 heteroatoms. The van der Waals surface area contributed by atoms with Crippen molar-refractivity contribution in [3.8, 4) is 0 Å². The first-order valence-corrected chi connectivity index (χ1v) is 10.2. The lowest BCUT2D eigenvalue weighted by atomic mass is 10.00. The fourth-order valence-electron chi connectivity index (χ4n) is 4.47. The molecule has 2 aromatic carbocycles. The third-order valence-corrected chi connectivity index (χ3v) is 5.82. The molecule has 0 fully saturated rings. The average Bonchev–Trinajstić information content (AvgIpc) is 3.22. The normalized spacial score (nSPS) is 19.3. The number of fused-ring (bicyclic) bond motifs is 2. The highest BCUT2D eigenvalue weighted by atomic mass is 16.2. The first-order valence-electron chi connectivity index (χ1n) is 10.2. The topological polar surface area (TPSA) is 65.2 Å². The molecule has 0 aliphatic carbocycles. The molecule has 1 amide bonds. The van der Waals surface area contributed by atoms with Crippen LogP contribution in [0, 0.1) is 0 Å². The number of amides is 1. The Balaban J connectivity index is 1.41. The molecule has 0 spiro atoms. The molecule has 3 aliphatic rings. The first kappa shape index (κ1) is 17.9. The number of nitrogen functional groups attached to an aromatic ring is 1. The van der Waals surface area contributed by atoms with Crippen LogP contribution in [0.3, 0.4) is 0 Å². The molecule has 2 N–H and O–H groups in total. The number of hydrogen-bond acceptors (Lipinski definition) is 5. The molecule has 3 heterocycles. The molecule has 0 aromatic heterocycles. The Hall–Kier alpha value is -3.12. The summed E-state index contributed by atoms with van der Waals surface area (Å²) in [5.41, 5.74) is 11.0. The standard InChI is InChI=1S/C23H25N5O/c24-19-8-4-7-18(13-19)15-28-22(29)20-16-26(14-17-5-2-1-3-6-17)11-9-21(20)27-12-10-25-23(27)28/h1-8,13H,9-12,14-16,24H2. The molecule has 0 bridgehead atoms. The van der Waals surface area contributed by atoms with Crippen molar-refractivity contribution in [3.05, 3.63) is 77.0 Å². The fraction of sp³-hybridized carbons (Fsp3) is 0.304. The number of guanidine groups is 1. The van der Waals surface area contributed by atoms with Gasteiger partial charge in [-0.15, -0.1) is 0 Å². The first-order chi connectivity index (χ1) is 14.2. The molecule has 6 nitrogen and oxygen atoms in total. The second-order valence-corrected chi connectivity index (χ2v) is 7.84. The molecule has 5 rings (SSSR count). The van der Waals surface area contributed by atoms with E-state index in [0.29, 0.717) is 18.8 Å². The zero-order valence-electron chi connectivity index (χ0n) is 16.4. The average molecular weight is 387 g/mol. The SMILES string of the molecule is Nc1cccc(CN2C(=O)C3=C(CCN(Cc4ccccc4)C3)N3CCN=C23)c1. The van der Waals surface area contributed by atoms with Crippen molar-refractivity contribution in [2.24, 2.45) is 4.99 Å². The van der Waals surface area contributed by atoms with Crippen molar-refractivity contribution in [2.75, 3.05) is 31.9 Å². The van der Waals surface area contributed by atoms with Crippen molar-refractivity contribution in [2.45, 2.75) is 19.5 Å². The molecule has 0 saturated heterocycles. The van der Waals surface area contributed by atoms with Crippen LogP contribution < -0.4 is 5.73 Å². The van der Waals surface area contributed by atoms with E-state index >= 15 is 0 Å². The quantitative estimate of drug-likeness (QED) is 0.819. The number of nitrogens with two attached hydrogens (primary N) is 1. The van der Waals surface area contributed by atoms with E-state index in [4.69, 9.17) is 5.73 Å². The number of carbonyl (C=O) groups is 1. The summed E-state index contributed by atoms with van der Waals surface area (Å²) < 4.78 is 0. The number of rotatable bonds is 4. The number of anilines is 1. The van der Waals surface area contributed by atoms with Gasteiger partial charge in [0.05, 0.1) is 18.7 Å². The van der Waals surface area contributed by atoms with Gasteiger partial charge in [0.2, 0.25) is 5.96 Å². The van der Waals surface area contributed by atoms with E-state index < -0.39 is 0 Å². The highest BCUT2D eigenvalue weighted by molar-refractivity contribution is 6.09. The van der Waals surface area contributed by atoms with Crippen molar-refractivity contribution < 1.29 is 4.79 Å². The Labute approximate surface area is 170 Å². The van der Waals surface area contributed by atoms with E-state index in [2.05, 4.69) is 39.1 Å². The summed E-state index contributed by atoms with van der Waals surface area (Å²) in [6.45, 7) is 4.59. The minimum atomic E-state index is 0.0806. The summed E-state index contributed by atoms with van der Waals surface area (Å²) >= 11 is 0. The van der Waals surface area contributed by atoms with Crippen LogP contribution in [0.2, 0.25) is 0 Å². The van der Waals surface area contributed by atoms with Crippen LogP contribution in [-0.4, -0.2) is 52.7 Å². The van der Waals surface area contributed by atoms with Crippen molar-refractivity contribution >= 4 is 17.6 Å². The summed E-state index contributed by atoms with van der Waals surface area (Å²) in [5, 5.41) is 0. The Bertz CT molecular complexity index is 997. The summed E-state index contributed by atoms with van der Waals surface area (Å²) in [7, 11) is 0. The van der Waals surface area contributed by atoms with Gasteiger partial charge >= 0.3 is 0 Å². The third kappa shape index (κ3) is 3.40.